The normalized spacial score (nSPS) is 15.0. The SMILES string of the molecule is COc1cccc(CN2CCc3nnc(C(CC(C)C)NC(=O)c4cccnc4)n3CC2)c1. The van der Waals surface area contributed by atoms with E-state index in [0.717, 1.165) is 56.4 Å². The zero-order valence-corrected chi connectivity index (χ0v) is 19.6. The van der Waals surface area contributed by atoms with Gasteiger partial charge in [0.2, 0.25) is 0 Å². The maximum Gasteiger partial charge on any atom is 0.253 e. The molecule has 1 atom stereocenters. The van der Waals surface area contributed by atoms with E-state index in [-0.39, 0.29) is 11.9 Å². The number of methoxy groups -OCH3 is 1. The molecule has 33 heavy (non-hydrogen) atoms. The first kappa shape index (κ1) is 22.9. The van der Waals surface area contributed by atoms with Crippen LogP contribution in [-0.2, 0) is 19.5 Å². The summed E-state index contributed by atoms with van der Waals surface area (Å²) in [5.41, 5.74) is 1.78. The van der Waals surface area contributed by atoms with Crippen molar-refractivity contribution in [3.63, 3.8) is 0 Å². The van der Waals surface area contributed by atoms with Crippen molar-refractivity contribution in [1.82, 2.24) is 30.0 Å². The molecule has 3 aromatic rings. The van der Waals surface area contributed by atoms with Crippen LogP contribution in [0, 0.1) is 5.92 Å². The molecule has 1 aromatic carbocycles. The minimum absolute atomic E-state index is 0.139. The minimum atomic E-state index is -0.205. The molecule has 0 radical (unpaired) electrons. The van der Waals surface area contributed by atoms with Gasteiger partial charge in [-0.3, -0.25) is 14.7 Å². The van der Waals surface area contributed by atoms with Crippen LogP contribution in [-0.4, -0.2) is 50.8 Å². The van der Waals surface area contributed by atoms with Gasteiger partial charge in [0.05, 0.1) is 18.7 Å². The topological polar surface area (TPSA) is 85.2 Å². The molecule has 0 fully saturated rings. The van der Waals surface area contributed by atoms with Crippen LogP contribution in [0.4, 0.5) is 0 Å². The summed E-state index contributed by atoms with van der Waals surface area (Å²) in [7, 11) is 1.69. The summed E-state index contributed by atoms with van der Waals surface area (Å²) in [6, 6.07) is 11.6. The van der Waals surface area contributed by atoms with E-state index in [4.69, 9.17) is 4.74 Å². The Morgan fingerprint density at radius 1 is 1.15 bits per heavy atom. The highest BCUT2D eigenvalue weighted by molar-refractivity contribution is 5.94. The Morgan fingerprint density at radius 2 is 2.03 bits per heavy atom. The Labute approximate surface area is 195 Å². The van der Waals surface area contributed by atoms with Crippen molar-refractivity contribution in [2.45, 2.75) is 45.8 Å². The summed E-state index contributed by atoms with van der Waals surface area (Å²) < 4.78 is 7.56. The van der Waals surface area contributed by atoms with Crippen LogP contribution >= 0.6 is 0 Å². The molecule has 0 spiro atoms. The standard InChI is InChI=1S/C25H32N6O2/c1-18(2)14-22(27-25(32)20-7-5-10-26-16-20)24-29-28-23-9-11-30(12-13-31(23)24)17-19-6-4-8-21(15-19)33-3/h4-8,10,15-16,18,22H,9,11-14,17H2,1-3H3,(H,27,32). The zero-order valence-electron chi connectivity index (χ0n) is 19.6. The molecule has 0 saturated carbocycles. The third-order valence-corrected chi connectivity index (χ3v) is 5.94. The first-order chi connectivity index (χ1) is 16.0. The van der Waals surface area contributed by atoms with Crippen molar-refractivity contribution in [2.24, 2.45) is 5.92 Å². The highest BCUT2D eigenvalue weighted by Gasteiger charge is 2.26. The van der Waals surface area contributed by atoms with Gasteiger partial charge in [-0.2, -0.15) is 0 Å². The highest BCUT2D eigenvalue weighted by Crippen LogP contribution is 2.23. The average molecular weight is 449 g/mol. The van der Waals surface area contributed by atoms with E-state index in [1.54, 1.807) is 31.6 Å². The number of hydrogen-bond donors (Lipinski definition) is 1. The first-order valence-electron chi connectivity index (χ1n) is 11.5. The second-order valence-electron chi connectivity index (χ2n) is 8.90. The molecule has 8 heteroatoms. The fraction of sp³-hybridized carbons (Fsp3) is 0.440. The van der Waals surface area contributed by atoms with Crippen LogP contribution in [0.5, 0.6) is 5.75 Å². The van der Waals surface area contributed by atoms with Gasteiger partial charge in [0, 0.05) is 45.0 Å². The Morgan fingerprint density at radius 3 is 2.79 bits per heavy atom. The number of pyridine rings is 1. The molecule has 4 rings (SSSR count). The second-order valence-corrected chi connectivity index (χ2v) is 8.90. The number of amides is 1. The molecule has 174 valence electrons. The molecular weight excluding hydrogens is 416 g/mol. The first-order valence-corrected chi connectivity index (χ1v) is 11.5. The monoisotopic (exact) mass is 448 g/mol. The summed E-state index contributed by atoms with van der Waals surface area (Å²) in [4.78, 5) is 19.3. The van der Waals surface area contributed by atoms with Gasteiger partial charge in [0.1, 0.15) is 11.6 Å². The largest absolute Gasteiger partial charge is 0.497 e. The van der Waals surface area contributed by atoms with Crippen molar-refractivity contribution in [2.75, 3.05) is 20.2 Å². The molecule has 3 heterocycles. The molecule has 0 aliphatic carbocycles. The predicted molar refractivity (Wildman–Crippen MR) is 126 cm³/mol. The Kier molecular flexibility index (Phi) is 7.34. The number of carbonyl (C=O) groups excluding carboxylic acids is 1. The smallest absolute Gasteiger partial charge is 0.253 e. The summed E-state index contributed by atoms with van der Waals surface area (Å²) in [5.74, 6) is 2.94. The van der Waals surface area contributed by atoms with Gasteiger partial charge in [-0.1, -0.05) is 26.0 Å². The quantitative estimate of drug-likeness (QED) is 0.569. The number of hydrogen-bond acceptors (Lipinski definition) is 6. The van der Waals surface area contributed by atoms with Crippen LogP contribution < -0.4 is 10.1 Å². The number of benzene rings is 1. The molecule has 0 saturated heterocycles. The van der Waals surface area contributed by atoms with Crippen LogP contribution in [0.3, 0.4) is 0 Å². The minimum Gasteiger partial charge on any atom is -0.497 e. The third kappa shape index (κ3) is 5.76. The lowest BCUT2D eigenvalue weighted by atomic mass is 10.0. The fourth-order valence-corrected chi connectivity index (χ4v) is 4.27. The lowest BCUT2D eigenvalue weighted by Gasteiger charge is -2.22. The number of fused-ring (bicyclic) bond motifs is 1. The van der Waals surface area contributed by atoms with E-state index in [0.29, 0.717) is 11.5 Å². The molecular formula is C25H32N6O2. The Bertz CT molecular complexity index is 1070. The van der Waals surface area contributed by atoms with Crippen LogP contribution in [0.15, 0.2) is 48.8 Å². The molecule has 1 aliphatic rings. The average Bonchev–Trinajstić information content (AvgIpc) is 3.13. The van der Waals surface area contributed by atoms with Gasteiger partial charge in [-0.05, 0) is 42.2 Å². The Balaban J connectivity index is 1.49. The maximum absolute atomic E-state index is 12.8. The Hall–Kier alpha value is -3.26. The van der Waals surface area contributed by atoms with E-state index in [2.05, 4.69) is 55.9 Å². The summed E-state index contributed by atoms with van der Waals surface area (Å²) in [5, 5.41) is 12.2. The lowest BCUT2D eigenvalue weighted by Crippen LogP contribution is -2.32. The molecule has 2 aromatic heterocycles. The summed E-state index contributed by atoms with van der Waals surface area (Å²) in [6.07, 6.45) is 4.86. The van der Waals surface area contributed by atoms with E-state index >= 15 is 0 Å². The molecule has 1 unspecified atom stereocenters. The molecule has 0 bridgehead atoms. The van der Waals surface area contributed by atoms with Crippen molar-refractivity contribution in [3.05, 3.63) is 71.6 Å². The number of carbonyl (C=O) groups is 1. The lowest BCUT2D eigenvalue weighted by molar-refractivity contribution is 0.0928. The van der Waals surface area contributed by atoms with Crippen molar-refractivity contribution in [3.8, 4) is 5.75 Å². The van der Waals surface area contributed by atoms with Gasteiger partial charge in [0.25, 0.3) is 5.91 Å². The number of nitrogens with one attached hydrogen (secondary N) is 1. The van der Waals surface area contributed by atoms with Gasteiger partial charge < -0.3 is 14.6 Å². The van der Waals surface area contributed by atoms with Crippen molar-refractivity contribution < 1.29 is 9.53 Å². The van der Waals surface area contributed by atoms with Crippen LogP contribution in [0.1, 0.15) is 53.9 Å². The third-order valence-electron chi connectivity index (χ3n) is 5.94. The van der Waals surface area contributed by atoms with E-state index < -0.39 is 0 Å². The van der Waals surface area contributed by atoms with E-state index in [9.17, 15) is 4.79 Å². The fourth-order valence-electron chi connectivity index (χ4n) is 4.27. The number of ether oxygens (including phenoxy) is 1. The van der Waals surface area contributed by atoms with E-state index in [1.165, 1.54) is 5.56 Å². The van der Waals surface area contributed by atoms with Crippen molar-refractivity contribution in [1.29, 1.82) is 0 Å². The predicted octanol–water partition coefficient (Wildman–Crippen LogP) is 3.26. The second kappa shape index (κ2) is 10.6. The maximum atomic E-state index is 12.8. The zero-order chi connectivity index (χ0) is 23.2. The summed E-state index contributed by atoms with van der Waals surface area (Å²) in [6.45, 7) is 7.75. The number of nitrogens with zero attached hydrogens (tertiary/aromatic N) is 5. The van der Waals surface area contributed by atoms with Gasteiger partial charge >= 0.3 is 0 Å². The van der Waals surface area contributed by atoms with Gasteiger partial charge in [-0.25, -0.2) is 0 Å². The molecule has 1 amide bonds. The van der Waals surface area contributed by atoms with Crippen LogP contribution in [0.25, 0.3) is 0 Å². The van der Waals surface area contributed by atoms with Gasteiger partial charge in [-0.15, -0.1) is 10.2 Å². The number of rotatable bonds is 8. The van der Waals surface area contributed by atoms with Crippen LogP contribution in [0.2, 0.25) is 0 Å². The van der Waals surface area contributed by atoms with Gasteiger partial charge in [0.15, 0.2) is 5.82 Å². The van der Waals surface area contributed by atoms with Crippen molar-refractivity contribution >= 4 is 5.91 Å². The number of aromatic nitrogens is 4. The summed E-state index contributed by atoms with van der Waals surface area (Å²) >= 11 is 0. The molecule has 1 aliphatic heterocycles. The van der Waals surface area contributed by atoms with E-state index in [1.807, 2.05) is 12.1 Å². The molecule has 1 N–H and O–H groups in total. The highest BCUT2D eigenvalue weighted by atomic mass is 16.5. The molecule has 8 nitrogen and oxygen atoms in total.